The second kappa shape index (κ2) is 5.52. The Morgan fingerprint density at radius 3 is 2.40 bits per heavy atom. The number of carbonyl (C=O) groups is 1. The Morgan fingerprint density at radius 1 is 1.25 bits per heavy atom. The number of rotatable bonds is 3. The SMILES string of the molecule is Cc1oc(C)c(C(=O)C(C#N)c2ccccc2Cl)c1C. The lowest BCUT2D eigenvalue weighted by molar-refractivity contribution is 0.0977. The van der Waals surface area contributed by atoms with Crippen molar-refractivity contribution < 1.29 is 9.21 Å². The van der Waals surface area contributed by atoms with Gasteiger partial charge in [0.25, 0.3) is 0 Å². The molecule has 0 aliphatic carbocycles. The molecule has 0 N–H and O–H groups in total. The van der Waals surface area contributed by atoms with Gasteiger partial charge < -0.3 is 4.42 Å². The molecule has 102 valence electrons. The Morgan fingerprint density at radius 2 is 1.90 bits per heavy atom. The van der Waals surface area contributed by atoms with Crippen LogP contribution in [0.4, 0.5) is 0 Å². The third-order valence-electron chi connectivity index (χ3n) is 3.42. The van der Waals surface area contributed by atoms with Crippen molar-refractivity contribution in [2.24, 2.45) is 0 Å². The van der Waals surface area contributed by atoms with Gasteiger partial charge >= 0.3 is 0 Å². The predicted molar refractivity (Wildman–Crippen MR) is 77.1 cm³/mol. The number of furan rings is 1. The first kappa shape index (κ1) is 14.4. The van der Waals surface area contributed by atoms with Crippen LogP contribution in [0.2, 0.25) is 5.02 Å². The normalized spacial score (nSPS) is 11.9. The highest BCUT2D eigenvalue weighted by Crippen LogP contribution is 2.30. The highest BCUT2D eigenvalue weighted by molar-refractivity contribution is 6.31. The molecular formula is C16H14ClNO2. The summed E-state index contributed by atoms with van der Waals surface area (Å²) >= 11 is 6.09. The average molecular weight is 288 g/mol. The number of nitriles is 1. The average Bonchev–Trinajstić information content (AvgIpc) is 2.66. The Bertz CT molecular complexity index is 710. The fourth-order valence-corrected chi connectivity index (χ4v) is 2.52. The fraction of sp³-hybridized carbons (Fsp3) is 0.250. The van der Waals surface area contributed by atoms with Gasteiger partial charge in [0, 0.05) is 10.6 Å². The van der Waals surface area contributed by atoms with Gasteiger partial charge in [-0.1, -0.05) is 29.8 Å². The summed E-state index contributed by atoms with van der Waals surface area (Å²) in [6.07, 6.45) is 0. The molecule has 2 rings (SSSR count). The van der Waals surface area contributed by atoms with E-state index in [1.807, 2.05) is 13.0 Å². The van der Waals surface area contributed by atoms with Crippen molar-refractivity contribution in [3.8, 4) is 6.07 Å². The van der Waals surface area contributed by atoms with Gasteiger partial charge in [-0.15, -0.1) is 0 Å². The molecule has 2 aromatic rings. The number of Topliss-reactive ketones (excluding diaryl/α,β-unsaturated/α-hetero) is 1. The molecule has 1 aromatic carbocycles. The number of nitrogens with zero attached hydrogens (tertiary/aromatic N) is 1. The van der Waals surface area contributed by atoms with Gasteiger partial charge in [0.15, 0.2) is 5.78 Å². The topological polar surface area (TPSA) is 54.0 Å². The molecule has 20 heavy (non-hydrogen) atoms. The van der Waals surface area contributed by atoms with E-state index in [4.69, 9.17) is 16.0 Å². The predicted octanol–water partition coefficient (Wildman–Crippen LogP) is 4.35. The third-order valence-corrected chi connectivity index (χ3v) is 3.76. The molecule has 1 unspecified atom stereocenters. The van der Waals surface area contributed by atoms with E-state index in [1.165, 1.54) is 0 Å². The Balaban J connectivity index is 2.51. The molecule has 4 heteroatoms. The van der Waals surface area contributed by atoms with Crippen LogP contribution < -0.4 is 0 Å². The number of benzene rings is 1. The quantitative estimate of drug-likeness (QED) is 0.789. The van der Waals surface area contributed by atoms with E-state index in [-0.39, 0.29) is 5.78 Å². The number of halogens is 1. The van der Waals surface area contributed by atoms with Crippen LogP contribution in [-0.2, 0) is 0 Å². The molecule has 0 saturated heterocycles. The van der Waals surface area contributed by atoms with E-state index < -0.39 is 5.92 Å². The zero-order chi connectivity index (χ0) is 14.9. The van der Waals surface area contributed by atoms with Crippen molar-refractivity contribution in [1.82, 2.24) is 0 Å². The summed E-state index contributed by atoms with van der Waals surface area (Å²) in [5.74, 6) is 0.0459. The fourth-order valence-electron chi connectivity index (χ4n) is 2.28. The summed E-state index contributed by atoms with van der Waals surface area (Å²) in [4.78, 5) is 12.6. The summed E-state index contributed by atoms with van der Waals surface area (Å²) in [6, 6.07) is 8.95. The lowest BCUT2D eigenvalue weighted by atomic mass is 9.90. The summed E-state index contributed by atoms with van der Waals surface area (Å²) in [5.41, 5.74) is 1.79. The maximum Gasteiger partial charge on any atom is 0.188 e. The van der Waals surface area contributed by atoms with Crippen molar-refractivity contribution in [3.63, 3.8) is 0 Å². The molecule has 0 bridgehead atoms. The Labute approximate surface area is 122 Å². The van der Waals surface area contributed by atoms with Crippen molar-refractivity contribution in [1.29, 1.82) is 5.26 Å². The molecular weight excluding hydrogens is 274 g/mol. The van der Waals surface area contributed by atoms with Crippen LogP contribution in [0.5, 0.6) is 0 Å². The minimum atomic E-state index is -0.918. The highest BCUT2D eigenvalue weighted by atomic mass is 35.5. The smallest absolute Gasteiger partial charge is 0.188 e. The Kier molecular flexibility index (Phi) is 3.96. The second-order valence-electron chi connectivity index (χ2n) is 4.66. The van der Waals surface area contributed by atoms with Crippen LogP contribution in [0.1, 0.15) is 38.9 Å². The first-order valence-corrected chi connectivity index (χ1v) is 6.60. The monoisotopic (exact) mass is 287 g/mol. The molecule has 0 saturated carbocycles. The van der Waals surface area contributed by atoms with Gasteiger partial charge in [-0.3, -0.25) is 4.79 Å². The van der Waals surface area contributed by atoms with Gasteiger partial charge in [-0.2, -0.15) is 5.26 Å². The van der Waals surface area contributed by atoms with Gasteiger partial charge in [0.1, 0.15) is 17.4 Å². The molecule has 0 aliphatic rings. The van der Waals surface area contributed by atoms with Crippen LogP contribution in [0.3, 0.4) is 0 Å². The van der Waals surface area contributed by atoms with Crippen LogP contribution in [0.25, 0.3) is 0 Å². The number of aryl methyl sites for hydroxylation is 2. The van der Waals surface area contributed by atoms with E-state index in [9.17, 15) is 10.1 Å². The van der Waals surface area contributed by atoms with E-state index in [2.05, 4.69) is 0 Å². The van der Waals surface area contributed by atoms with Gasteiger partial charge in [-0.05, 0) is 32.4 Å². The molecule has 1 heterocycles. The number of hydrogen-bond acceptors (Lipinski definition) is 3. The number of hydrogen-bond donors (Lipinski definition) is 0. The maximum atomic E-state index is 12.6. The first-order chi connectivity index (χ1) is 9.47. The van der Waals surface area contributed by atoms with Crippen molar-refractivity contribution in [2.45, 2.75) is 26.7 Å². The standard InChI is InChI=1S/C16H14ClNO2/c1-9-10(2)20-11(3)15(9)16(19)13(8-18)12-6-4-5-7-14(12)17/h4-7,13H,1-3H3. The summed E-state index contributed by atoms with van der Waals surface area (Å²) < 4.78 is 5.46. The van der Waals surface area contributed by atoms with Crippen molar-refractivity contribution >= 4 is 17.4 Å². The van der Waals surface area contributed by atoms with E-state index >= 15 is 0 Å². The molecule has 1 aromatic heterocycles. The van der Waals surface area contributed by atoms with E-state index in [0.29, 0.717) is 27.7 Å². The highest BCUT2D eigenvalue weighted by Gasteiger charge is 2.28. The van der Waals surface area contributed by atoms with Gasteiger partial charge in [0.05, 0.1) is 11.6 Å². The number of ketones is 1. The summed E-state index contributed by atoms with van der Waals surface area (Å²) in [7, 11) is 0. The van der Waals surface area contributed by atoms with E-state index in [1.54, 1.807) is 38.1 Å². The third kappa shape index (κ3) is 2.35. The van der Waals surface area contributed by atoms with Gasteiger partial charge in [-0.25, -0.2) is 0 Å². The van der Waals surface area contributed by atoms with Crippen LogP contribution in [-0.4, -0.2) is 5.78 Å². The molecule has 0 spiro atoms. The minimum Gasteiger partial charge on any atom is -0.466 e. The van der Waals surface area contributed by atoms with E-state index in [0.717, 1.165) is 5.56 Å². The zero-order valence-corrected chi connectivity index (χ0v) is 12.3. The first-order valence-electron chi connectivity index (χ1n) is 6.22. The zero-order valence-electron chi connectivity index (χ0n) is 11.5. The van der Waals surface area contributed by atoms with Gasteiger partial charge in [0.2, 0.25) is 0 Å². The molecule has 0 aliphatic heterocycles. The molecule has 0 amide bonds. The minimum absolute atomic E-state index is 0.271. The van der Waals surface area contributed by atoms with Crippen LogP contribution in [0, 0.1) is 32.1 Å². The lowest BCUT2D eigenvalue weighted by Crippen LogP contribution is -2.13. The summed E-state index contributed by atoms with van der Waals surface area (Å²) in [5, 5.41) is 9.78. The Hall–Kier alpha value is -2.05. The van der Waals surface area contributed by atoms with Crippen molar-refractivity contribution in [3.05, 3.63) is 57.5 Å². The molecule has 1 atom stereocenters. The van der Waals surface area contributed by atoms with Crippen molar-refractivity contribution in [2.75, 3.05) is 0 Å². The lowest BCUT2D eigenvalue weighted by Gasteiger charge is -2.10. The summed E-state index contributed by atoms with van der Waals surface area (Å²) in [6.45, 7) is 5.35. The molecule has 0 radical (unpaired) electrons. The maximum absolute atomic E-state index is 12.6. The van der Waals surface area contributed by atoms with Crippen LogP contribution in [0.15, 0.2) is 28.7 Å². The molecule has 3 nitrogen and oxygen atoms in total. The second-order valence-corrected chi connectivity index (χ2v) is 5.07. The molecule has 0 fully saturated rings. The largest absolute Gasteiger partial charge is 0.466 e. The number of carbonyl (C=O) groups excluding carboxylic acids is 1. The van der Waals surface area contributed by atoms with Crippen LogP contribution >= 0.6 is 11.6 Å².